The van der Waals surface area contributed by atoms with Gasteiger partial charge in [0.05, 0.1) is 17.5 Å². The van der Waals surface area contributed by atoms with E-state index in [4.69, 9.17) is 0 Å². The third-order valence-electron chi connectivity index (χ3n) is 5.78. The van der Waals surface area contributed by atoms with Gasteiger partial charge in [-0.3, -0.25) is 9.59 Å². The SMILES string of the molecule is O=C(NCCc1ccccc1)C1CC1C(=O)N1CCN(c2ccccc2F)CC1. The Morgan fingerprint density at radius 2 is 1.62 bits per heavy atom. The summed E-state index contributed by atoms with van der Waals surface area (Å²) in [7, 11) is 0. The van der Waals surface area contributed by atoms with Crippen molar-refractivity contribution in [2.45, 2.75) is 12.8 Å². The van der Waals surface area contributed by atoms with Crippen LogP contribution >= 0.6 is 0 Å². The fourth-order valence-corrected chi connectivity index (χ4v) is 3.97. The predicted octanol–water partition coefficient (Wildman–Crippen LogP) is 2.47. The van der Waals surface area contributed by atoms with Gasteiger partial charge in [0.25, 0.3) is 0 Å². The molecule has 1 saturated carbocycles. The van der Waals surface area contributed by atoms with E-state index in [1.54, 1.807) is 12.1 Å². The van der Waals surface area contributed by atoms with Crippen LogP contribution in [0.15, 0.2) is 54.6 Å². The first kappa shape index (κ1) is 19.4. The van der Waals surface area contributed by atoms with Crippen LogP contribution < -0.4 is 10.2 Å². The highest BCUT2D eigenvalue weighted by atomic mass is 19.1. The lowest BCUT2D eigenvalue weighted by Crippen LogP contribution is -2.49. The lowest BCUT2D eigenvalue weighted by molar-refractivity contribution is -0.135. The van der Waals surface area contributed by atoms with Gasteiger partial charge in [-0.05, 0) is 30.5 Å². The van der Waals surface area contributed by atoms with Gasteiger partial charge in [-0.15, -0.1) is 0 Å². The number of piperazine rings is 1. The van der Waals surface area contributed by atoms with E-state index in [0.29, 0.717) is 44.8 Å². The van der Waals surface area contributed by atoms with Crippen LogP contribution in [-0.4, -0.2) is 49.4 Å². The molecule has 2 aliphatic rings. The molecule has 2 unspecified atom stereocenters. The number of carbonyl (C=O) groups excluding carboxylic acids is 2. The molecule has 0 spiro atoms. The molecule has 1 aliphatic heterocycles. The van der Waals surface area contributed by atoms with Crippen molar-refractivity contribution in [3.05, 3.63) is 66.0 Å². The number of nitrogens with zero attached hydrogens (tertiary/aromatic N) is 2. The Bertz CT molecular complexity index is 865. The molecule has 2 amide bonds. The Hall–Kier alpha value is -2.89. The molecule has 1 aliphatic carbocycles. The monoisotopic (exact) mass is 395 g/mol. The fourth-order valence-electron chi connectivity index (χ4n) is 3.97. The minimum absolute atomic E-state index is 0.0238. The third-order valence-corrected chi connectivity index (χ3v) is 5.78. The van der Waals surface area contributed by atoms with Crippen molar-refractivity contribution in [3.8, 4) is 0 Å². The van der Waals surface area contributed by atoms with Gasteiger partial charge in [-0.1, -0.05) is 42.5 Å². The molecular formula is C23H26FN3O2. The maximum atomic E-state index is 14.0. The number of anilines is 1. The second-order valence-electron chi connectivity index (χ2n) is 7.74. The van der Waals surface area contributed by atoms with Crippen molar-refractivity contribution in [3.63, 3.8) is 0 Å². The van der Waals surface area contributed by atoms with Gasteiger partial charge in [0.15, 0.2) is 0 Å². The maximum Gasteiger partial charge on any atom is 0.226 e. The quantitative estimate of drug-likeness (QED) is 0.818. The van der Waals surface area contributed by atoms with Crippen molar-refractivity contribution in [2.75, 3.05) is 37.6 Å². The molecule has 0 bridgehead atoms. The molecule has 0 aromatic heterocycles. The van der Waals surface area contributed by atoms with Gasteiger partial charge >= 0.3 is 0 Å². The predicted molar refractivity (Wildman–Crippen MR) is 110 cm³/mol. The zero-order valence-electron chi connectivity index (χ0n) is 16.4. The third kappa shape index (κ3) is 4.58. The van der Waals surface area contributed by atoms with Crippen LogP contribution in [-0.2, 0) is 16.0 Å². The van der Waals surface area contributed by atoms with E-state index >= 15 is 0 Å². The summed E-state index contributed by atoms with van der Waals surface area (Å²) in [5, 5.41) is 2.96. The summed E-state index contributed by atoms with van der Waals surface area (Å²) in [5.41, 5.74) is 1.77. The number of carbonyl (C=O) groups is 2. The minimum Gasteiger partial charge on any atom is -0.366 e. The molecular weight excluding hydrogens is 369 g/mol. The van der Waals surface area contributed by atoms with Crippen LogP contribution in [0.1, 0.15) is 12.0 Å². The molecule has 6 heteroatoms. The molecule has 152 valence electrons. The van der Waals surface area contributed by atoms with Gasteiger partial charge in [0.2, 0.25) is 11.8 Å². The number of amides is 2. The van der Waals surface area contributed by atoms with Crippen molar-refractivity contribution >= 4 is 17.5 Å². The normalized spacial score (nSPS) is 21.0. The molecule has 5 nitrogen and oxygen atoms in total. The van der Waals surface area contributed by atoms with E-state index in [1.807, 2.05) is 46.2 Å². The topological polar surface area (TPSA) is 52.7 Å². The molecule has 0 radical (unpaired) electrons. The first-order chi connectivity index (χ1) is 14.1. The van der Waals surface area contributed by atoms with Crippen LogP contribution in [0.5, 0.6) is 0 Å². The van der Waals surface area contributed by atoms with E-state index in [9.17, 15) is 14.0 Å². The highest BCUT2D eigenvalue weighted by Crippen LogP contribution is 2.40. The number of rotatable bonds is 6. The second-order valence-corrected chi connectivity index (χ2v) is 7.74. The van der Waals surface area contributed by atoms with Crippen LogP contribution in [0, 0.1) is 17.7 Å². The largest absolute Gasteiger partial charge is 0.366 e. The van der Waals surface area contributed by atoms with Crippen LogP contribution in [0.4, 0.5) is 10.1 Å². The van der Waals surface area contributed by atoms with E-state index in [1.165, 1.54) is 11.6 Å². The standard InChI is InChI=1S/C23H26FN3O2/c24-20-8-4-5-9-21(20)26-12-14-27(15-13-26)23(29)19-16-18(19)22(28)25-11-10-17-6-2-1-3-7-17/h1-9,18-19H,10-16H2,(H,25,28). The summed E-state index contributed by atoms with van der Waals surface area (Å²) in [4.78, 5) is 28.9. The summed E-state index contributed by atoms with van der Waals surface area (Å²) in [5.74, 6) is -0.609. The van der Waals surface area contributed by atoms with Gasteiger partial charge in [0, 0.05) is 32.7 Å². The average molecular weight is 395 g/mol. The lowest BCUT2D eigenvalue weighted by Gasteiger charge is -2.36. The number of halogens is 1. The van der Waals surface area contributed by atoms with Crippen LogP contribution in [0.25, 0.3) is 0 Å². The Morgan fingerprint density at radius 1 is 0.931 bits per heavy atom. The number of para-hydroxylation sites is 1. The molecule has 29 heavy (non-hydrogen) atoms. The summed E-state index contributed by atoms with van der Waals surface area (Å²) in [6.07, 6.45) is 1.42. The Kier molecular flexibility index (Phi) is 5.79. The minimum atomic E-state index is -0.235. The average Bonchev–Trinajstić information content (AvgIpc) is 3.56. The van der Waals surface area contributed by atoms with Gasteiger partial charge in [-0.25, -0.2) is 4.39 Å². The summed E-state index contributed by atoms with van der Waals surface area (Å²) >= 11 is 0. The zero-order chi connectivity index (χ0) is 20.2. The Labute approximate surface area is 170 Å². The summed E-state index contributed by atoms with van der Waals surface area (Å²) in [6, 6.07) is 16.7. The Balaban J connectivity index is 1.21. The summed E-state index contributed by atoms with van der Waals surface area (Å²) in [6.45, 7) is 2.92. The molecule has 1 saturated heterocycles. The first-order valence-corrected chi connectivity index (χ1v) is 10.2. The van der Waals surface area contributed by atoms with Gasteiger partial charge in [0.1, 0.15) is 5.82 Å². The fraction of sp³-hybridized carbons (Fsp3) is 0.391. The lowest BCUT2D eigenvalue weighted by atomic mass is 10.1. The molecule has 1 heterocycles. The molecule has 2 fully saturated rings. The van der Waals surface area contributed by atoms with Crippen LogP contribution in [0.3, 0.4) is 0 Å². The molecule has 2 atom stereocenters. The number of benzene rings is 2. The smallest absolute Gasteiger partial charge is 0.226 e. The first-order valence-electron chi connectivity index (χ1n) is 10.2. The molecule has 2 aromatic rings. The van der Waals surface area contributed by atoms with Crippen LogP contribution in [0.2, 0.25) is 0 Å². The number of nitrogens with one attached hydrogen (secondary N) is 1. The number of hydrogen-bond acceptors (Lipinski definition) is 3. The van der Waals surface area contributed by atoms with E-state index in [0.717, 1.165) is 6.42 Å². The van der Waals surface area contributed by atoms with Gasteiger partial charge < -0.3 is 15.1 Å². The van der Waals surface area contributed by atoms with Crippen molar-refractivity contribution in [1.29, 1.82) is 0 Å². The van der Waals surface area contributed by atoms with E-state index in [-0.39, 0.29) is 29.5 Å². The van der Waals surface area contributed by atoms with E-state index in [2.05, 4.69) is 5.32 Å². The highest BCUT2D eigenvalue weighted by Gasteiger charge is 2.49. The van der Waals surface area contributed by atoms with Crippen molar-refractivity contribution in [1.82, 2.24) is 10.2 Å². The van der Waals surface area contributed by atoms with Crippen molar-refractivity contribution < 1.29 is 14.0 Å². The Morgan fingerprint density at radius 3 is 2.34 bits per heavy atom. The maximum absolute atomic E-state index is 14.0. The summed E-state index contributed by atoms with van der Waals surface area (Å²) < 4.78 is 14.0. The molecule has 2 aromatic carbocycles. The second kappa shape index (κ2) is 8.64. The number of hydrogen-bond donors (Lipinski definition) is 1. The highest BCUT2D eigenvalue weighted by molar-refractivity contribution is 5.92. The van der Waals surface area contributed by atoms with E-state index < -0.39 is 0 Å². The molecule has 4 rings (SSSR count). The molecule has 1 N–H and O–H groups in total. The van der Waals surface area contributed by atoms with Crippen molar-refractivity contribution in [2.24, 2.45) is 11.8 Å². The van der Waals surface area contributed by atoms with Gasteiger partial charge in [-0.2, -0.15) is 0 Å². The zero-order valence-corrected chi connectivity index (χ0v) is 16.4.